The van der Waals surface area contributed by atoms with Crippen molar-refractivity contribution in [1.29, 1.82) is 0 Å². The fourth-order valence-corrected chi connectivity index (χ4v) is 5.45. The lowest BCUT2D eigenvalue weighted by Gasteiger charge is -2.33. The van der Waals surface area contributed by atoms with Crippen molar-refractivity contribution in [1.82, 2.24) is 15.1 Å². The molecule has 1 saturated carbocycles. The van der Waals surface area contributed by atoms with Crippen LogP contribution in [0.1, 0.15) is 90.1 Å². The number of imide groups is 1. The highest BCUT2D eigenvalue weighted by molar-refractivity contribution is 6.21. The van der Waals surface area contributed by atoms with E-state index in [2.05, 4.69) is 5.32 Å². The molecule has 2 aromatic carbocycles. The maximum atomic E-state index is 13.5. The summed E-state index contributed by atoms with van der Waals surface area (Å²) in [5.74, 6) is -0.884. The number of nitrogens with one attached hydrogen (secondary N) is 1. The van der Waals surface area contributed by atoms with Gasteiger partial charge < -0.3 is 10.2 Å². The molecular weight excluding hydrogens is 466 g/mol. The second kappa shape index (κ2) is 12.2. The molecule has 0 bridgehead atoms. The first-order chi connectivity index (χ1) is 17.9. The van der Waals surface area contributed by atoms with Gasteiger partial charge in [-0.2, -0.15) is 0 Å². The van der Waals surface area contributed by atoms with Crippen molar-refractivity contribution < 1.29 is 19.2 Å². The van der Waals surface area contributed by atoms with E-state index in [1.807, 2.05) is 38.1 Å². The van der Waals surface area contributed by atoms with Gasteiger partial charge in [-0.15, -0.1) is 0 Å². The van der Waals surface area contributed by atoms with E-state index in [9.17, 15) is 19.2 Å². The van der Waals surface area contributed by atoms with Gasteiger partial charge in [0.05, 0.1) is 11.1 Å². The molecule has 2 aromatic rings. The van der Waals surface area contributed by atoms with E-state index in [0.717, 1.165) is 36.8 Å². The molecule has 0 aromatic heterocycles. The van der Waals surface area contributed by atoms with Gasteiger partial charge in [-0.25, -0.2) is 0 Å². The third kappa shape index (κ3) is 6.27. The molecule has 7 heteroatoms. The summed E-state index contributed by atoms with van der Waals surface area (Å²) in [6, 6.07) is 14.3. The van der Waals surface area contributed by atoms with Crippen molar-refractivity contribution in [2.75, 3.05) is 6.54 Å². The van der Waals surface area contributed by atoms with Crippen LogP contribution < -0.4 is 5.32 Å². The van der Waals surface area contributed by atoms with Crippen molar-refractivity contribution >= 4 is 23.6 Å². The summed E-state index contributed by atoms with van der Waals surface area (Å²) in [7, 11) is 0. The predicted molar refractivity (Wildman–Crippen MR) is 142 cm³/mol. The van der Waals surface area contributed by atoms with Gasteiger partial charge in [0.2, 0.25) is 11.8 Å². The van der Waals surface area contributed by atoms with Gasteiger partial charge >= 0.3 is 0 Å². The number of fused-ring (bicyclic) bond motifs is 1. The molecule has 37 heavy (non-hydrogen) atoms. The first kappa shape index (κ1) is 26.6. The number of carbonyl (C=O) groups excluding carboxylic acids is 4. The SMILES string of the molecule is CCC(C(=O)NC1CCCCC1)N(Cc1cccc(C)c1)C(=O)CCCN1C(=O)c2ccccc2C1=O. The standard InChI is InChI=1S/C30H37N3O4/c1-3-26(28(35)31-23-13-5-4-6-14-23)33(20-22-12-9-11-21(2)19-22)27(34)17-10-18-32-29(36)24-15-7-8-16-25(24)30(32)37/h7-9,11-12,15-16,19,23,26H,3-6,10,13-14,17-18,20H2,1-2H3,(H,31,35). The Bertz CT molecular complexity index is 1120. The highest BCUT2D eigenvalue weighted by Gasteiger charge is 2.35. The Kier molecular flexibility index (Phi) is 8.74. The van der Waals surface area contributed by atoms with Gasteiger partial charge in [-0.3, -0.25) is 24.1 Å². The molecule has 4 amide bonds. The number of amides is 4. The van der Waals surface area contributed by atoms with Crippen LogP contribution in [0.2, 0.25) is 0 Å². The lowest BCUT2D eigenvalue weighted by molar-refractivity contribution is -0.142. The molecule has 1 heterocycles. The van der Waals surface area contributed by atoms with Crippen LogP contribution in [-0.2, 0) is 16.1 Å². The van der Waals surface area contributed by atoms with Crippen LogP contribution in [0.4, 0.5) is 0 Å². The van der Waals surface area contributed by atoms with Crippen molar-refractivity contribution in [2.24, 2.45) is 0 Å². The summed E-state index contributed by atoms with van der Waals surface area (Å²) >= 11 is 0. The lowest BCUT2D eigenvalue weighted by atomic mass is 9.95. The molecule has 7 nitrogen and oxygen atoms in total. The average molecular weight is 504 g/mol. The number of nitrogens with zero attached hydrogens (tertiary/aromatic N) is 2. The second-order valence-electron chi connectivity index (χ2n) is 10.2. The van der Waals surface area contributed by atoms with Crippen molar-refractivity contribution in [3.8, 4) is 0 Å². The quantitative estimate of drug-likeness (QED) is 0.479. The van der Waals surface area contributed by atoms with Gasteiger partial charge in [0, 0.05) is 25.6 Å². The topological polar surface area (TPSA) is 86.8 Å². The Labute approximate surface area is 219 Å². The van der Waals surface area contributed by atoms with Crippen LogP contribution in [0.3, 0.4) is 0 Å². The maximum Gasteiger partial charge on any atom is 0.261 e. The molecule has 0 saturated heterocycles. The van der Waals surface area contributed by atoms with E-state index in [0.29, 0.717) is 30.5 Å². The zero-order chi connectivity index (χ0) is 26.4. The fourth-order valence-electron chi connectivity index (χ4n) is 5.45. The zero-order valence-corrected chi connectivity index (χ0v) is 21.9. The molecule has 1 atom stereocenters. The molecule has 1 unspecified atom stereocenters. The third-order valence-corrected chi connectivity index (χ3v) is 7.42. The van der Waals surface area contributed by atoms with Gasteiger partial charge in [-0.1, -0.05) is 68.1 Å². The molecule has 0 spiro atoms. The van der Waals surface area contributed by atoms with E-state index in [1.165, 1.54) is 11.3 Å². The van der Waals surface area contributed by atoms with Crippen LogP contribution in [-0.4, -0.2) is 52.1 Å². The summed E-state index contributed by atoms with van der Waals surface area (Å²) in [4.78, 5) is 55.1. The minimum Gasteiger partial charge on any atom is -0.352 e. The Morgan fingerprint density at radius 3 is 2.30 bits per heavy atom. The van der Waals surface area contributed by atoms with Crippen LogP contribution in [0.25, 0.3) is 0 Å². The van der Waals surface area contributed by atoms with E-state index < -0.39 is 6.04 Å². The van der Waals surface area contributed by atoms with E-state index in [-0.39, 0.29) is 42.6 Å². The van der Waals surface area contributed by atoms with Gasteiger partial charge in [0.15, 0.2) is 0 Å². The van der Waals surface area contributed by atoms with Gasteiger partial charge in [-0.05, 0) is 50.3 Å². The van der Waals surface area contributed by atoms with Crippen LogP contribution >= 0.6 is 0 Å². The number of aryl methyl sites for hydroxylation is 1. The van der Waals surface area contributed by atoms with Gasteiger partial charge in [0.25, 0.3) is 11.8 Å². The summed E-state index contributed by atoms with van der Waals surface area (Å²) in [5.41, 5.74) is 2.88. The summed E-state index contributed by atoms with van der Waals surface area (Å²) in [5, 5.41) is 3.19. The largest absolute Gasteiger partial charge is 0.352 e. The average Bonchev–Trinajstić information content (AvgIpc) is 3.14. The summed E-state index contributed by atoms with van der Waals surface area (Å²) in [6.45, 7) is 4.44. The normalized spacial score (nSPS) is 16.4. The Morgan fingerprint density at radius 2 is 1.68 bits per heavy atom. The van der Waals surface area contributed by atoms with Crippen molar-refractivity contribution in [3.05, 3.63) is 70.8 Å². The Hall–Kier alpha value is -3.48. The minimum atomic E-state index is -0.575. The molecule has 196 valence electrons. The number of hydrogen-bond donors (Lipinski definition) is 1. The van der Waals surface area contributed by atoms with Crippen LogP contribution in [0.5, 0.6) is 0 Å². The van der Waals surface area contributed by atoms with Gasteiger partial charge in [0.1, 0.15) is 6.04 Å². The molecule has 1 aliphatic heterocycles. The highest BCUT2D eigenvalue weighted by Crippen LogP contribution is 2.23. The number of hydrogen-bond acceptors (Lipinski definition) is 4. The molecule has 1 aliphatic carbocycles. The molecule has 0 radical (unpaired) electrons. The van der Waals surface area contributed by atoms with E-state index in [4.69, 9.17) is 0 Å². The summed E-state index contributed by atoms with van der Waals surface area (Å²) < 4.78 is 0. The Morgan fingerprint density at radius 1 is 1.00 bits per heavy atom. The molecular formula is C30H37N3O4. The second-order valence-corrected chi connectivity index (χ2v) is 10.2. The number of carbonyl (C=O) groups is 4. The van der Waals surface area contributed by atoms with Crippen molar-refractivity contribution in [3.63, 3.8) is 0 Å². The first-order valence-electron chi connectivity index (χ1n) is 13.5. The smallest absolute Gasteiger partial charge is 0.261 e. The monoisotopic (exact) mass is 503 g/mol. The Balaban J connectivity index is 1.44. The van der Waals surface area contributed by atoms with E-state index >= 15 is 0 Å². The third-order valence-electron chi connectivity index (χ3n) is 7.42. The number of benzene rings is 2. The van der Waals surface area contributed by atoms with Crippen LogP contribution in [0.15, 0.2) is 48.5 Å². The minimum absolute atomic E-state index is 0.101. The molecule has 1 fully saturated rings. The van der Waals surface area contributed by atoms with Crippen molar-refractivity contribution in [2.45, 2.75) is 83.8 Å². The molecule has 2 aliphatic rings. The van der Waals surface area contributed by atoms with E-state index in [1.54, 1.807) is 29.2 Å². The fraction of sp³-hybridized carbons (Fsp3) is 0.467. The highest BCUT2D eigenvalue weighted by atomic mass is 16.2. The number of rotatable bonds is 10. The predicted octanol–water partition coefficient (Wildman–Crippen LogP) is 4.63. The molecule has 1 N–H and O–H groups in total. The summed E-state index contributed by atoms with van der Waals surface area (Å²) in [6.07, 6.45) is 6.39. The maximum absolute atomic E-state index is 13.5. The lowest BCUT2D eigenvalue weighted by Crippen LogP contribution is -2.51. The zero-order valence-electron chi connectivity index (χ0n) is 21.9. The molecule has 4 rings (SSSR count). The first-order valence-corrected chi connectivity index (χ1v) is 13.5. The van der Waals surface area contributed by atoms with Crippen LogP contribution in [0, 0.1) is 6.92 Å².